The van der Waals surface area contributed by atoms with E-state index in [2.05, 4.69) is 52.0 Å². The van der Waals surface area contributed by atoms with E-state index in [-0.39, 0.29) is 5.91 Å². The van der Waals surface area contributed by atoms with Crippen LogP contribution in [-0.4, -0.2) is 18.2 Å². The number of thioether (sulfide) groups is 1. The predicted octanol–water partition coefficient (Wildman–Crippen LogP) is 6.39. The molecule has 5 nitrogen and oxygen atoms in total. The van der Waals surface area contributed by atoms with E-state index < -0.39 is 0 Å². The smallest absolute Gasteiger partial charge is 0.264 e. The molecule has 1 N–H and O–H groups in total. The molecule has 3 aromatic carbocycles. The number of aryl methyl sites for hydroxylation is 2. The van der Waals surface area contributed by atoms with Gasteiger partial charge in [0.1, 0.15) is 6.61 Å². The van der Waals surface area contributed by atoms with Gasteiger partial charge in [-0.1, -0.05) is 47.5 Å². The largest absolute Gasteiger partial charge is 0.493 e. The minimum atomic E-state index is -0.167. The summed E-state index contributed by atoms with van der Waals surface area (Å²) in [6.45, 7) is 4.54. The van der Waals surface area contributed by atoms with Crippen molar-refractivity contribution in [1.82, 2.24) is 5.32 Å². The van der Waals surface area contributed by atoms with Crippen LogP contribution in [0.4, 0.5) is 5.69 Å². The number of nitrogens with one attached hydrogen (secondary N) is 1. The van der Waals surface area contributed by atoms with Gasteiger partial charge in [-0.2, -0.15) is 0 Å². The Morgan fingerprint density at radius 1 is 1.06 bits per heavy atom. The van der Waals surface area contributed by atoms with Gasteiger partial charge in [-0.3, -0.25) is 4.79 Å². The summed E-state index contributed by atoms with van der Waals surface area (Å²) < 4.78 is 12.6. The summed E-state index contributed by atoms with van der Waals surface area (Å²) in [6.07, 6.45) is 1.84. The van der Waals surface area contributed by atoms with E-state index in [1.807, 2.05) is 61.5 Å². The zero-order valence-corrected chi connectivity index (χ0v) is 21.5. The third-order valence-corrected chi connectivity index (χ3v) is 6.64. The fourth-order valence-electron chi connectivity index (χ4n) is 3.29. The summed E-state index contributed by atoms with van der Waals surface area (Å²) in [4.78, 5) is 17.6. The average molecular weight is 570 g/mol. The van der Waals surface area contributed by atoms with Gasteiger partial charge >= 0.3 is 0 Å². The standard InChI is InChI=1S/C26H23IN2O3S/c1-16-7-9-20(10-8-16)28-26-29-25(30)23(33-26)14-19-12-21(27)24(22(13-19)31-3)32-15-18-6-4-5-17(2)11-18/h4-14H,15H2,1-3H3,(H,28,29,30)/b23-14+. The fraction of sp³-hybridized carbons (Fsp3) is 0.154. The molecule has 1 aliphatic rings. The van der Waals surface area contributed by atoms with E-state index >= 15 is 0 Å². The topological polar surface area (TPSA) is 59.9 Å². The van der Waals surface area contributed by atoms with Crippen molar-refractivity contribution in [2.45, 2.75) is 20.5 Å². The molecule has 1 fully saturated rings. The van der Waals surface area contributed by atoms with Crippen molar-refractivity contribution in [3.8, 4) is 11.5 Å². The first-order valence-electron chi connectivity index (χ1n) is 10.3. The molecule has 0 radical (unpaired) electrons. The Labute approximate surface area is 211 Å². The first-order valence-corrected chi connectivity index (χ1v) is 12.2. The number of amides is 1. The van der Waals surface area contributed by atoms with Gasteiger partial charge in [0.05, 0.1) is 21.3 Å². The summed E-state index contributed by atoms with van der Waals surface area (Å²) in [6, 6.07) is 19.9. The summed E-state index contributed by atoms with van der Waals surface area (Å²) in [5.74, 6) is 1.14. The normalized spacial score (nSPS) is 15.7. The number of hydrogen-bond donors (Lipinski definition) is 1. The van der Waals surface area contributed by atoms with Gasteiger partial charge in [-0.05, 0) is 89.7 Å². The number of amidine groups is 1. The Kier molecular flexibility index (Phi) is 7.39. The number of nitrogens with zero attached hydrogens (tertiary/aromatic N) is 1. The van der Waals surface area contributed by atoms with Gasteiger partial charge in [-0.15, -0.1) is 0 Å². The summed E-state index contributed by atoms with van der Waals surface area (Å²) in [5, 5.41) is 3.40. The van der Waals surface area contributed by atoms with E-state index in [9.17, 15) is 4.79 Å². The summed E-state index contributed by atoms with van der Waals surface area (Å²) >= 11 is 3.55. The number of rotatable bonds is 6. The molecule has 33 heavy (non-hydrogen) atoms. The molecular weight excluding hydrogens is 547 g/mol. The lowest BCUT2D eigenvalue weighted by Gasteiger charge is -2.14. The molecule has 0 saturated carbocycles. The second-order valence-electron chi connectivity index (χ2n) is 7.63. The fourth-order valence-corrected chi connectivity index (χ4v) is 4.91. The van der Waals surface area contributed by atoms with Crippen molar-refractivity contribution < 1.29 is 14.3 Å². The summed E-state index contributed by atoms with van der Waals surface area (Å²) in [7, 11) is 1.62. The highest BCUT2D eigenvalue weighted by molar-refractivity contribution is 14.1. The van der Waals surface area contributed by atoms with Gasteiger partial charge in [0, 0.05) is 0 Å². The minimum absolute atomic E-state index is 0.167. The Morgan fingerprint density at radius 3 is 2.58 bits per heavy atom. The molecule has 0 unspecified atom stereocenters. The van der Waals surface area contributed by atoms with Crippen LogP contribution in [0.2, 0.25) is 0 Å². The maximum atomic E-state index is 12.5. The van der Waals surface area contributed by atoms with E-state index in [1.165, 1.54) is 17.3 Å². The Hall–Kier alpha value is -2.78. The van der Waals surface area contributed by atoms with Gasteiger partial charge in [0.2, 0.25) is 0 Å². The third kappa shape index (κ3) is 5.97. The lowest BCUT2D eigenvalue weighted by Crippen LogP contribution is -2.19. The molecule has 0 aromatic heterocycles. The van der Waals surface area contributed by atoms with E-state index in [0.717, 1.165) is 25.9 Å². The molecule has 0 atom stereocenters. The lowest BCUT2D eigenvalue weighted by molar-refractivity contribution is -0.115. The maximum absolute atomic E-state index is 12.5. The molecule has 168 valence electrons. The zero-order valence-electron chi connectivity index (χ0n) is 18.5. The van der Waals surface area contributed by atoms with Crippen molar-refractivity contribution in [1.29, 1.82) is 0 Å². The molecule has 1 amide bonds. The van der Waals surface area contributed by atoms with Crippen molar-refractivity contribution in [3.05, 3.63) is 91.4 Å². The molecule has 0 spiro atoms. The van der Waals surface area contributed by atoms with Crippen LogP contribution in [0, 0.1) is 17.4 Å². The van der Waals surface area contributed by atoms with Crippen molar-refractivity contribution in [2.75, 3.05) is 7.11 Å². The first-order chi connectivity index (χ1) is 15.9. The van der Waals surface area contributed by atoms with E-state index in [4.69, 9.17) is 9.47 Å². The Bertz CT molecular complexity index is 1250. The Balaban J connectivity index is 1.53. The van der Waals surface area contributed by atoms with Crippen molar-refractivity contribution >= 4 is 57.2 Å². The van der Waals surface area contributed by atoms with Crippen molar-refractivity contribution in [3.63, 3.8) is 0 Å². The number of hydrogen-bond acceptors (Lipinski definition) is 5. The molecule has 0 aliphatic carbocycles. The number of benzene rings is 3. The summed E-state index contributed by atoms with van der Waals surface area (Å²) in [5.41, 5.74) is 5.11. The van der Waals surface area contributed by atoms with Crippen LogP contribution in [0.1, 0.15) is 22.3 Å². The van der Waals surface area contributed by atoms with Crippen LogP contribution in [-0.2, 0) is 11.4 Å². The van der Waals surface area contributed by atoms with E-state index in [1.54, 1.807) is 7.11 Å². The molecule has 1 saturated heterocycles. The second kappa shape index (κ2) is 10.4. The highest BCUT2D eigenvalue weighted by Crippen LogP contribution is 2.36. The van der Waals surface area contributed by atoms with Gasteiger partial charge in [0.15, 0.2) is 16.7 Å². The molecule has 3 aromatic rings. The quantitative estimate of drug-likeness (QED) is 0.276. The number of methoxy groups -OCH3 is 1. The highest BCUT2D eigenvalue weighted by atomic mass is 127. The van der Waals surface area contributed by atoms with Gasteiger partial charge in [-0.25, -0.2) is 4.99 Å². The van der Waals surface area contributed by atoms with Crippen molar-refractivity contribution in [2.24, 2.45) is 4.99 Å². The highest BCUT2D eigenvalue weighted by Gasteiger charge is 2.24. The molecular formula is C26H23IN2O3S. The maximum Gasteiger partial charge on any atom is 0.264 e. The van der Waals surface area contributed by atoms with Crippen LogP contribution in [0.5, 0.6) is 11.5 Å². The van der Waals surface area contributed by atoms with E-state index in [0.29, 0.717) is 28.2 Å². The number of carbonyl (C=O) groups is 1. The molecule has 0 bridgehead atoms. The minimum Gasteiger partial charge on any atom is -0.493 e. The van der Waals surface area contributed by atoms with Gasteiger partial charge < -0.3 is 14.8 Å². The number of ether oxygens (including phenoxy) is 2. The SMILES string of the molecule is COc1cc(/C=C2/SC(=Nc3ccc(C)cc3)NC2=O)cc(I)c1OCc1cccc(C)c1. The molecule has 1 heterocycles. The van der Waals surface area contributed by atoms with Crippen LogP contribution in [0.25, 0.3) is 6.08 Å². The third-order valence-electron chi connectivity index (χ3n) is 4.93. The van der Waals surface area contributed by atoms with Crippen LogP contribution in [0.15, 0.2) is 70.6 Å². The second-order valence-corrected chi connectivity index (χ2v) is 9.82. The number of carbonyl (C=O) groups excluding carboxylic acids is 1. The molecule has 7 heteroatoms. The Morgan fingerprint density at radius 2 is 1.85 bits per heavy atom. The number of aliphatic imine (C=N–C) groups is 1. The van der Waals surface area contributed by atoms with Crippen LogP contribution >= 0.6 is 34.4 Å². The lowest BCUT2D eigenvalue weighted by atomic mass is 10.1. The average Bonchev–Trinajstić information content (AvgIpc) is 3.12. The van der Waals surface area contributed by atoms with Gasteiger partial charge in [0.25, 0.3) is 5.91 Å². The monoisotopic (exact) mass is 570 g/mol. The number of halogens is 1. The first kappa shape index (κ1) is 23.4. The molecule has 4 rings (SSSR count). The van der Waals surface area contributed by atoms with Crippen LogP contribution in [0.3, 0.4) is 0 Å². The molecule has 1 aliphatic heterocycles. The zero-order chi connectivity index (χ0) is 23.4. The van der Waals surface area contributed by atoms with Crippen LogP contribution < -0.4 is 14.8 Å². The predicted molar refractivity (Wildman–Crippen MR) is 143 cm³/mol.